The number of piperazine rings is 1. The molecule has 4 heterocycles. The molecule has 3 N–H and O–H groups in total. The third-order valence-corrected chi connectivity index (χ3v) is 6.98. The summed E-state index contributed by atoms with van der Waals surface area (Å²) in [5.74, 6) is 1.82. The summed E-state index contributed by atoms with van der Waals surface area (Å²) in [6.07, 6.45) is 2.34. The van der Waals surface area contributed by atoms with Crippen molar-refractivity contribution in [2.45, 2.75) is 31.5 Å². The molecule has 1 aliphatic heterocycles. The Morgan fingerprint density at radius 3 is 2.51 bits per heavy atom. The Balaban J connectivity index is 1.00. The van der Waals surface area contributed by atoms with Gasteiger partial charge in [0.2, 0.25) is 5.95 Å². The van der Waals surface area contributed by atoms with E-state index in [4.69, 9.17) is 0 Å². The first-order chi connectivity index (χ1) is 19.8. The molecule has 1 saturated heterocycles. The smallest absolute Gasteiger partial charge is 0.338 e. The number of benzene rings is 1. The van der Waals surface area contributed by atoms with Gasteiger partial charge in [0.05, 0.1) is 29.2 Å². The van der Waals surface area contributed by atoms with Gasteiger partial charge in [-0.25, -0.2) is 9.97 Å². The summed E-state index contributed by atoms with van der Waals surface area (Å²) in [6.45, 7) is 3.48. The van der Waals surface area contributed by atoms with Crippen LogP contribution >= 0.6 is 0 Å². The summed E-state index contributed by atoms with van der Waals surface area (Å²) in [7, 11) is 0. The summed E-state index contributed by atoms with van der Waals surface area (Å²) in [5.41, 5.74) is 0.348. The molecule has 0 atom stereocenters. The Labute approximate surface area is 233 Å². The molecule has 1 amide bonds. The summed E-state index contributed by atoms with van der Waals surface area (Å²) in [6, 6.07) is 8.44. The van der Waals surface area contributed by atoms with Crippen LogP contribution in [0.4, 0.5) is 36.6 Å². The van der Waals surface area contributed by atoms with E-state index in [1.807, 2.05) is 12.1 Å². The molecule has 2 fully saturated rings. The van der Waals surface area contributed by atoms with E-state index in [0.29, 0.717) is 29.9 Å². The highest BCUT2D eigenvalue weighted by Crippen LogP contribution is 2.39. The fourth-order valence-electron chi connectivity index (χ4n) is 4.65. The molecule has 6 rings (SSSR count). The van der Waals surface area contributed by atoms with Crippen molar-refractivity contribution in [1.82, 2.24) is 35.0 Å². The van der Waals surface area contributed by atoms with Gasteiger partial charge in [0.15, 0.2) is 11.6 Å². The number of carbonyl (C=O) groups excluding carboxylic acids is 1. The van der Waals surface area contributed by atoms with Crippen molar-refractivity contribution in [2.24, 2.45) is 0 Å². The molecule has 1 aromatic carbocycles. The van der Waals surface area contributed by atoms with Crippen LogP contribution in [-0.4, -0.2) is 67.1 Å². The number of rotatable bonds is 8. The Morgan fingerprint density at radius 2 is 1.78 bits per heavy atom. The number of halogens is 3. The summed E-state index contributed by atoms with van der Waals surface area (Å²) in [4.78, 5) is 34.4. The number of nitrogens with zero attached hydrogens (tertiary/aromatic N) is 7. The van der Waals surface area contributed by atoms with Crippen LogP contribution in [0, 0.1) is 0 Å². The zero-order valence-electron chi connectivity index (χ0n) is 21.9. The molecular weight excluding hydrogens is 537 g/mol. The van der Waals surface area contributed by atoms with Crippen LogP contribution in [0.15, 0.2) is 55.0 Å². The molecule has 1 aliphatic carbocycles. The predicted octanol–water partition coefficient (Wildman–Crippen LogP) is 4.20. The van der Waals surface area contributed by atoms with Crippen molar-refractivity contribution in [3.8, 4) is 0 Å². The van der Waals surface area contributed by atoms with Crippen LogP contribution in [0.25, 0.3) is 0 Å². The zero-order chi connectivity index (χ0) is 28.4. The SMILES string of the molecule is O=C(Nc1cnc(CN2CCN(c3nccc(Nc4cc(C5CC5)[nH]n4)n3)CC2)cn1)c1ccccc1C(F)(F)F. The van der Waals surface area contributed by atoms with Crippen LogP contribution in [0.3, 0.4) is 0 Å². The van der Waals surface area contributed by atoms with E-state index in [1.54, 1.807) is 6.20 Å². The quantitative estimate of drug-likeness (QED) is 0.288. The highest BCUT2D eigenvalue weighted by Gasteiger charge is 2.35. The van der Waals surface area contributed by atoms with Crippen molar-refractivity contribution in [2.75, 3.05) is 41.7 Å². The second kappa shape index (κ2) is 11.1. The molecule has 1 saturated carbocycles. The van der Waals surface area contributed by atoms with E-state index in [9.17, 15) is 18.0 Å². The van der Waals surface area contributed by atoms with Gasteiger partial charge < -0.3 is 15.5 Å². The number of carbonyl (C=O) groups is 1. The van der Waals surface area contributed by atoms with Gasteiger partial charge in [-0.05, 0) is 31.0 Å². The normalized spacial score (nSPS) is 16.0. The lowest BCUT2D eigenvalue weighted by molar-refractivity contribution is -0.137. The van der Waals surface area contributed by atoms with Gasteiger partial charge >= 0.3 is 6.18 Å². The van der Waals surface area contributed by atoms with Crippen molar-refractivity contribution >= 4 is 29.3 Å². The van der Waals surface area contributed by atoms with E-state index in [1.165, 1.54) is 37.4 Å². The average Bonchev–Trinajstić information content (AvgIpc) is 3.72. The van der Waals surface area contributed by atoms with Crippen LogP contribution in [0.1, 0.15) is 46.1 Å². The standard InChI is InChI=1S/C27H27F3N10O/c28-27(29,30)20-4-2-1-3-19(20)25(41)35-24-15-32-18(14-33-24)16-39-9-11-40(12-10-39)26-31-8-7-22(36-26)34-23-13-21(37-38-23)17-5-6-17/h1-4,7-8,13-15,17H,5-6,9-12,16H2,(H,33,35,41)(H2,31,34,36,37,38). The Morgan fingerprint density at radius 1 is 0.976 bits per heavy atom. The van der Waals surface area contributed by atoms with Gasteiger partial charge in [-0.1, -0.05) is 12.1 Å². The first-order valence-electron chi connectivity index (χ1n) is 13.2. The number of hydrogen-bond acceptors (Lipinski definition) is 9. The summed E-state index contributed by atoms with van der Waals surface area (Å²) >= 11 is 0. The van der Waals surface area contributed by atoms with Crippen molar-refractivity contribution in [1.29, 1.82) is 0 Å². The topological polar surface area (TPSA) is 128 Å². The van der Waals surface area contributed by atoms with Gasteiger partial charge in [0, 0.05) is 56.6 Å². The second-order valence-corrected chi connectivity index (χ2v) is 10.0. The van der Waals surface area contributed by atoms with Crippen molar-refractivity contribution in [3.05, 3.63) is 77.5 Å². The number of anilines is 4. The number of aromatic amines is 1. The fourth-order valence-corrected chi connectivity index (χ4v) is 4.65. The second-order valence-electron chi connectivity index (χ2n) is 10.0. The van der Waals surface area contributed by atoms with Gasteiger partial charge in [-0.2, -0.15) is 23.3 Å². The molecule has 0 bridgehead atoms. The molecule has 2 aliphatic rings. The van der Waals surface area contributed by atoms with Crippen LogP contribution < -0.4 is 15.5 Å². The number of alkyl halides is 3. The van der Waals surface area contributed by atoms with E-state index in [0.717, 1.165) is 49.8 Å². The molecule has 0 spiro atoms. The van der Waals surface area contributed by atoms with E-state index in [-0.39, 0.29) is 5.82 Å². The number of H-pyrrole nitrogens is 1. The molecule has 4 aromatic rings. The molecule has 41 heavy (non-hydrogen) atoms. The number of nitrogens with one attached hydrogen (secondary N) is 3. The average molecular weight is 565 g/mol. The molecule has 11 nitrogen and oxygen atoms in total. The molecule has 0 unspecified atom stereocenters. The number of amides is 1. The largest absolute Gasteiger partial charge is 0.417 e. The lowest BCUT2D eigenvalue weighted by Gasteiger charge is -2.34. The third-order valence-electron chi connectivity index (χ3n) is 6.98. The lowest BCUT2D eigenvalue weighted by Crippen LogP contribution is -2.46. The predicted molar refractivity (Wildman–Crippen MR) is 145 cm³/mol. The Bertz CT molecular complexity index is 1510. The first kappa shape index (κ1) is 26.6. The maximum atomic E-state index is 13.2. The Hall–Kier alpha value is -4.59. The highest BCUT2D eigenvalue weighted by atomic mass is 19.4. The minimum absolute atomic E-state index is 0.0739. The maximum Gasteiger partial charge on any atom is 0.417 e. The zero-order valence-corrected chi connectivity index (χ0v) is 21.9. The van der Waals surface area contributed by atoms with E-state index >= 15 is 0 Å². The summed E-state index contributed by atoms with van der Waals surface area (Å²) in [5, 5.41) is 13.0. The molecule has 0 radical (unpaired) electrons. The van der Waals surface area contributed by atoms with Crippen molar-refractivity contribution < 1.29 is 18.0 Å². The minimum Gasteiger partial charge on any atom is -0.338 e. The summed E-state index contributed by atoms with van der Waals surface area (Å²) < 4.78 is 39.7. The molecular formula is C27H27F3N10O. The van der Waals surface area contributed by atoms with Gasteiger partial charge in [0.25, 0.3) is 5.91 Å². The van der Waals surface area contributed by atoms with Crippen molar-refractivity contribution in [3.63, 3.8) is 0 Å². The fraction of sp³-hybridized carbons (Fsp3) is 0.333. The Kier molecular flexibility index (Phi) is 7.22. The molecule has 212 valence electrons. The van der Waals surface area contributed by atoms with Gasteiger partial charge in [0.1, 0.15) is 5.82 Å². The van der Waals surface area contributed by atoms with Crippen LogP contribution in [0.5, 0.6) is 0 Å². The number of hydrogen-bond donors (Lipinski definition) is 3. The van der Waals surface area contributed by atoms with Gasteiger partial charge in [-0.15, -0.1) is 0 Å². The highest BCUT2D eigenvalue weighted by molar-refractivity contribution is 6.04. The maximum absolute atomic E-state index is 13.2. The first-order valence-corrected chi connectivity index (χ1v) is 13.2. The van der Waals surface area contributed by atoms with Gasteiger partial charge in [-0.3, -0.25) is 19.8 Å². The minimum atomic E-state index is -4.64. The molecule has 14 heteroatoms. The van der Waals surface area contributed by atoms with Crippen LogP contribution in [-0.2, 0) is 12.7 Å². The molecule has 3 aromatic heterocycles. The third kappa shape index (κ3) is 6.43. The monoisotopic (exact) mass is 564 g/mol. The van der Waals surface area contributed by atoms with E-state index in [2.05, 4.69) is 50.6 Å². The van der Waals surface area contributed by atoms with Crippen LogP contribution in [0.2, 0.25) is 0 Å². The number of aromatic nitrogens is 6. The lowest BCUT2D eigenvalue weighted by atomic mass is 10.1. The van der Waals surface area contributed by atoms with E-state index < -0.39 is 23.2 Å².